The second-order valence-corrected chi connectivity index (χ2v) is 6.78. The summed E-state index contributed by atoms with van der Waals surface area (Å²) < 4.78 is 0. The fraction of sp³-hybridized carbons (Fsp3) is 0.0909. The van der Waals surface area contributed by atoms with Crippen LogP contribution in [0.5, 0.6) is 5.75 Å². The zero-order chi connectivity index (χ0) is 20.4. The van der Waals surface area contributed by atoms with Crippen molar-refractivity contribution in [2.24, 2.45) is 0 Å². The molecule has 0 saturated heterocycles. The molecule has 2 heterocycles. The van der Waals surface area contributed by atoms with Gasteiger partial charge in [-0.15, -0.1) is 0 Å². The average molecular weight is 387 g/mol. The first-order valence-corrected chi connectivity index (χ1v) is 9.09. The van der Waals surface area contributed by atoms with E-state index in [2.05, 4.69) is 15.3 Å². The molecule has 0 fully saturated rings. The van der Waals surface area contributed by atoms with Gasteiger partial charge in [-0.2, -0.15) is 0 Å². The summed E-state index contributed by atoms with van der Waals surface area (Å²) in [7, 11) is 0. The van der Waals surface area contributed by atoms with Crippen LogP contribution in [0.1, 0.15) is 22.7 Å². The maximum Gasteiger partial charge on any atom is 0.273 e. The molecule has 0 aliphatic carbocycles. The Morgan fingerprint density at radius 2 is 1.93 bits per heavy atom. The van der Waals surface area contributed by atoms with E-state index in [9.17, 15) is 15.2 Å². The number of nitrogens with one attached hydrogen (secondary N) is 2. The number of non-ortho nitro benzene ring substituents is 1. The topological polar surface area (TPSA) is 102 Å². The van der Waals surface area contributed by atoms with E-state index < -0.39 is 11.0 Å². The Bertz CT molecular complexity index is 1190. The number of rotatable bonds is 5. The predicted octanol–water partition coefficient (Wildman–Crippen LogP) is 4.17. The number of anilines is 1. The van der Waals surface area contributed by atoms with Crippen LogP contribution >= 0.6 is 0 Å². The maximum atomic E-state index is 11.0. The highest BCUT2D eigenvalue weighted by Gasteiger charge is 2.25. The zero-order valence-electron chi connectivity index (χ0n) is 15.7. The van der Waals surface area contributed by atoms with Crippen molar-refractivity contribution in [2.75, 3.05) is 5.32 Å². The van der Waals surface area contributed by atoms with E-state index >= 15 is 0 Å². The molecule has 2 aromatic heterocycles. The van der Waals surface area contributed by atoms with E-state index in [1.165, 1.54) is 12.1 Å². The van der Waals surface area contributed by atoms with Gasteiger partial charge >= 0.3 is 0 Å². The quantitative estimate of drug-likeness (QED) is 0.395. The number of phenols is 1. The van der Waals surface area contributed by atoms with Gasteiger partial charge in [0.1, 0.15) is 17.3 Å². The summed E-state index contributed by atoms with van der Waals surface area (Å²) in [6, 6.07) is 17.2. The Balaban J connectivity index is 1.83. The molecule has 4 aromatic rings. The number of nitrogens with zero attached hydrogens (tertiary/aromatic N) is 2. The Hall–Kier alpha value is -4.00. The summed E-state index contributed by atoms with van der Waals surface area (Å²) in [5.74, 6) is 0.834. The van der Waals surface area contributed by atoms with E-state index in [-0.39, 0.29) is 11.4 Å². The number of pyridine rings is 2. The molecule has 0 aliphatic heterocycles. The van der Waals surface area contributed by atoms with Crippen molar-refractivity contribution < 1.29 is 15.0 Å². The molecule has 7 nitrogen and oxygen atoms in total. The van der Waals surface area contributed by atoms with Crippen LogP contribution in [0, 0.1) is 17.0 Å². The first kappa shape index (κ1) is 18.4. The molecule has 2 aromatic carbocycles. The van der Waals surface area contributed by atoms with Gasteiger partial charge in [0.2, 0.25) is 0 Å². The van der Waals surface area contributed by atoms with Crippen LogP contribution in [0.25, 0.3) is 10.9 Å². The molecule has 0 aliphatic rings. The lowest BCUT2D eigenvalue weighted by Crippen LogP contribution is -2.19. The third-order valence-corrected chi connectivity index (χ3v) is 4.78. The second-order valence-electron chi connectivity index (χ2n) is 6.78. The number of phenolic OH excluding ortho intramolecular Hbond substituents is 1. The highest BCUT2D eigenvalue weighted by molar-refractivity contribution is 5.86. The van der Waals surface area contributed by atoms with Crippen molar-refractivity contribution in [1.29, 1.82) is 0 Å². The van der Waals surface area contributed by atoms with Crippen LogP contribution in [0.15, 0.2) is 73.1 Å². The highest BCUT2D eigenvalue weighted by atomic mass is 16.6. The molecule has 0 radical (unpaired) electrons. The molecule has 0 amide bonds. The lowest BCUT2D eigenvalue weighted by atomic mass is 9.96. The molecule has 0 unspecified atom stereocenters. The van der Waals surface area contributed by atoms with E-state index in [4.69, 9.17) is 0 Å². The summed E-state index contributed by atoms with van der Waals surface area (Å²) in [6.45, 7) is 1.98. The number of aryl methyl sites for hydroxylation is 1. The fourth-order valence-electron chi connectivity index (χ4n) is 3.33. The van der Waals surface area contributed by atoms with Gasteiger partial charge in [0.25, 0.3) is 11.5 Å². The van der Waals surface area contributed by atoms with E-state index in [1.807, 2.05) is 49.5 Å². The van der Waals surface area contributed by atoms with Crippen molar-refractivity contribution in [2.45, 2.75) is 13.0 Å². The van der Waals surface area contributed by atoms with E-state index in [1.54, 1.807) is 18.3 Å². The third-order valence-electron chi connectivity index (χ3n) is 4.78. The molecule has 1 atom stereocenters. The van der Waals surface area contributed by atoms with Gasteiger partial charge in [-0.3, -0.25) is 20.4 Å². The molecule has 0 spiro atoms. The van der Waals surface area contributed by atoms with E-state index in [0.29, 0.717) is 11.1 Å². The molecule has 7 heteroatoms. The summed E-state index contributed by atoms with van der Waals surface area (Å²) >= 11 is 0. The molecule has 0 saturated carbocycles. The summed E-state index contributed by atoms with van der Waals surface area (Å²) in [6.07, 6.45) is 3.46. The van der Waals surface area contributed by atoms with Gasteiger partial charge in [0, 0.05) is 40.9 Å². The van der Waals surface area contributed by atoms with Crippen molar-refractivity contribution in [3.63, 3.8) is 0 Å². The fourth-order valence-corrected chi connectivity index (χ4v) is 3.33. The van der Waals surface area contributed by atoms with Gasteiger partial charge in [0.05, 0.1) is 11.1 Å². The third kappa shape index (κ3) is 3.70. The standard InChI is InChI=1S/C22H18N4O3/c1-14-10-12-23-19(13-14)25-20(16-4-7-17(8-5-16)26(28)29)18-9-6-15-3-2-11-24-21(15)22(18)27/h2-13,20,27H,1H3,(H,23,25)/p+1/t20-/m1/s1. The number of nitro benzene ring substituents is 1. The number of fused-ring (bicyclic) bond motifs is 1. The van der Waals surface area contributed by atoms with Gasteiger partial charge < -0.3 is 5.11 Å². The van der Waals surface area contributed by atoms with Gasteiger partial charge in [-0.25, -0.2) is 4.98 Å². The number of hydrogen-bond donors (Lipinski definition) is 2. The molecular formula is C22H19N4O3+. The number of benzene rings is 2. The average Bonchev–Trinajstić information content (AvgIpc) is 2.73. The lowest BCUT2D eigenvalue weighted by molar-refractivity contribution is -0.384. The second kappa shape index (κ2) is 7.55. The SMILES string of the molecule is Cc1cc[nH+]c(N[C@H](c2ccc([N+](=O)[O-])cc2)c2ccc3cccnc3c2O)c1. The van der Waals surface area contributed by atoms with Crippen molar-refractivity contribution in [3.05, 3.63) is 99.9 Å². The van der Waals surface area contributed by atoms with Crippen LogP contribution in [-0.2, 0) is 0 Å². The zero-order valence-corrected chi connectivity index (χ0v) is 15.7. The number of aromatic nitrogens is 2. The molecule has 3 N–H and O–H groups in total. The molecule has 144 valence electrons. The lowest BCUT2D eigenvalue weighted by Gasteiger charge is -2.17. The van der Waals surface area contributed by atoms with E-state index in [0.717, 1.165) is 22.3 Å². The van der Waals surface area contributed by atoms with Crippen LogP contribution in [0.4, 0.5) is 11.5 Å². The normalized spacial score (nSPS) is 11.9. The first-order valence-electron chi connectivity index (χ1n) is 9.09. The van der Waals surface area contributed by atoms with Crippen molar-refractivity contribution in [1.82, 2.24) is 4.98 Å². The molecular weight excluding hydrogens is 368 g/mol. The Kier molecular flexibility index (Phi) is 4.78. The van der Waals surface area contributed by atoms with Crippen LogP contribution in [0.3, 0.4) is 0 Å². The summed E-state index contributed by atoms with van der Waals surface area (Å²) in [4.78, 5) is 18.0. The molecule has 0 bridgehead atoms. The minimum atomic E-state index is -0.444. The minimum Gasteiger partial charge on any atom is -0.505 e. The number of H-pyrrole nitrogens is 1. The van der Waals surface area contributed by atoms with Crippen LogP contribution in [-0.4, -0.2) is 15.0 Å². The summed E-state index contributed by atoms with van der Waals surface area (Å²) in [5.41, 5.74) is 2.99. The van der Waals surface area contributed by atoms with Crippen LogP contribution < -0.4 is 10.3 Å². The Morgan fingerprint density at radius 3 is 2.66 bits per heavy atom. The maximum absolute atomic E-state index is 11.0. The smallest absolute Gasteiger partial charge is 0.273 e. The number of hydrogen-bond acceptors (Lipinski definition) is 5. The highest BCUT2D eigenvalue weighted by Crippen LogP contribution is 2.36. The predicted molar refractivity (Wildman–Crippen MR) is 110 cm³/mol. The van der Waals surface area contributed by atoms with Crippen molar-refractivity contribution >= 4 is 22.4 Å². The Labute approximate surface area is 166 Å². The van der Waals surface area contributed by atoms with Crippen molar-refractivity contribution in [3.8, 4) is 5.75 Å². The first-order chi connectivity index (χ1) is 14.0. The van der Waals surface area contributed by atoms with Gasteiger partial charge in [0.15, 0.2) is 0 Å². The van der Waals surface area contributed by atoms with Crippen LogP contribution in [0.2, 0.25) is 0 Å². The van der Waals surface area contributed by atoms with Gasteiger partial charge in [-0.1, -0.05) is 12.1 Å². The minimum absolute atomic E-state index is 0.0130. The Morgan fingerprint density at radius 1 is 1.14 bits per heavy atom. The molecule has 4 rings (SSSR count). The largest absolute Gasteiger partial charge is 0.505 e. The number of aromatic hydroxyl groups is 1. The van der Waals surface area contributed by atoms with Gasteiger partial charge in [-0.05, 0) is 42.8 Å². The monoisotopic (exact) mass is 387 g/mol. The number of nitro groups is 1. The summed E-state index contributed by atoms with van der Waals surface area (Å²) in [5, 5.41) is 26.2. The number of aromatic amines is 1. The molecule has 29 heavy (non-hydrogen) atoms.